The fraction of sp³-hybridized carbons (Fsp3) is 0.536. The Morgan fingerprint density at radius 1 is 1.34 bits per heavy atom. The molecule has 3 fully saturated rings. The first-order chi connectivity index (χ1) is 17.0. The number of benzene rings is 1. The molecular weight excluding hydrogens is 524 g/mol. The molecule has 7 rings (SSSR count). The molecule has 2 saturated carbocycles. The molecule has 2 aliphatic heterocycles. The molecule has 5 nitrogen and oxygen atoms in total. The second kappa shape index (κ2) is 8.09. The average molecular weight is 556 g/mol. The number of likely N-dealkylation sites (tertiary alicyclic amines) is 1. The lowest BCUT2D eigenvalue weighted by atomic mass is 9.51. The molecule has 1 saturated heterocycles. The highest BCUT2D eigenvalue weighted by Crippen LogP contribution is 2.63. The zero-order valence-electron chi connectivity index (χ0n) is 20.0. The number of nitrogens with zero attached hydrogens (tertiary/aromatic N) is 2. The zero-order valence-corrected chi connectivity index (χ0v) is 22.4. The van der Waals surface area contributed by atoms with Crippen LogP contribution in [0, 0.1) is 11.8 Å². The molecule has 1 aromatic carbocycles. The lowest BCUT2D eigenvalue weighted by Crippen LogP contribution is -2.69. The summed E-state index contributed by atoms with van der Waals surface area (Å²) in [6.45, 7) is 2.29. The summed E-state index contributed by atoms with van der Waals surface area (Å²) >= 11 is 5.10. The van der Waals surface area contributed by atoms with E-state index in [4.69, 9.17) is 4.74 Å². The standard InChI is InChI=1S/C28H31BrN2O3S/c1-30(25(33)9-4-18-12-17(29)15-35-18)21-6-5-20-22-13-19-23(32)7-8-24-26(19)28(20,27(21)34-24)10-11-31(22)14-16-2-3-16/h4,7-9,12,15-16,20-22,27,32H,2-3,5-6,10-11,13-14H2,1H3/b9-4+/t20-,21-,22+,27-,28-/m0/s1. The van der Waals surface area contributed by atoms with Crippen LogP contribution in [-0.4, -0.2) is 59.1 Å². The third kappa shape index (κ3) is 3.37. The van der Waals surface area contributed by atoms with Gasteiger partial charge in [0.25, 0.3) is 0 Å². The fourth-order valence-electron chi connectivity index (χ4n) is 7.72. The monoisotopic (exact) mass is 554 g/mol. The van der Waals surface area contributed by atoms with E-state index >= 15 is 0 Å². The first kappa shape index (κ1) is 22.4. The summed E-state index contributed by atoms with van der Waals surface area (Å²) < 4.78 is 7.80. The highest BCUT2D eigenvalue weighted by Gasteiger charge is 2.66. The van der Waals surface area contributed by atoms with Crippen LogP contribution in [0.1, 0.15) is 48.1 Å². The van der Waals surface area contributed by atoms with E-state index in [1.807, 2.05) is 41.6 Å². The minimum Gasteiger partial charge on any atom is -0.508 e. The van der Waals surface area contributed by atoms with Crippen molar-refractivity contribution in [3.05, 3.63) is 50.1 Å². The van der Waals surface area contributed by atoms with E-state index in [1.165, 1.54) is 24.9 Å². The Balaban J connectivity index is 1.23. The van der Waals surface area contributed by atoms with E-state index < -0.39 is 0 Å². The van der Waals surface area contributed by atoms with Gasteiger partial charge in [-0.3, -0.25) is 9.69 Å². The normalized spacial score (nSPS) is 33.0. The summed E-state index contributed by atoms with van der Waals surface area (Å²) in [7, 11) is 1.94. The van der Waals surface area contributed by atoms with E-state index in [2.05, 4.69) is 20.8 Å². The molecule has 184 valence electrons. The summed E-state index contributed by atoms with van der Waals surface area (Å²) in [4.78, 5) is 19.0. The van der Waals surface area contributed by atoms with Crippen molar-refractivity contribution in [1.29, 1.82) is 0 Å². The molecule has 1 amide bonds. The summed E-state index contributed by atoms with van der Waals surface area (Å²) in [5.41, 5.74) is 2.26. The number of aromatic hydroxyl groups is 1. The molecule has 2 bridgehead atoms. The van der Waals surface area contributed by atoms with E-state index in [9.17, 15) is 9.90 Å². The number of carbonyl (C=O) groups is 1. The maximum Gasteiger partial charge on any atom is 0.246 e. The summed E-state index contributed by atoms with van der Waals surface area (Å²) in [5.74, 6) is 2.76. The number of hydrogen-bond acceptors (Lipinski definition) is 5. The maximum absolute atomic E-state index is 13.3. The Hall–Kier alpha value is -1.83. The molecule has 0 unspecified atom stereocenters. The third-order valence-corrected chi connectivity index (χ3v) is 11.1. The molecule has 5 atom stereocenters. The Bertz CT molecular complexity index is 1220. The molecule has 1 aromatic heterocycles. The summed E-state index contributed by atoms with van der Waals surface area (Å²) in [6, 6.07) is 6.29. The van der Waals surface area contributed by atoms with Gasteiger partial charge in [-0.25, -0.2) is 0 Å². The first-order valence-corrected chi connectivity index (χ1v) is 14.6. The van der Waals surface area contributed by atoms with Gasteiger partial charge in [-0.1, -0.05) is 0 Å². The molecule has 3 aliphatic carbocycles. The number of ether oxygens (including phenoxy) is 1. The van der Waals surface area contributed by atoms with Gasteiger partial charge in [0.2, 0.25) is 5.91 Å². The number of rotatable bonds is 5. The highest BCUT2D eigenvalue weighted by atomic mass is 79.9. The Morgan fingerprint density at radius 2 is 2.20 bits per heavy atom. The number of halogens is 1. The molecule has 3 heterocycles. The molecule has 0 radical (unpaired) electrons. The number of phenols is 1. The number of likely N-dealkylation sites (N-methyl/N-ethyl adjacent to an activating group) is 1. The number of carbonyl (C=O) groups excluding carboxylic acids is 1. The largest absolute Gasteiger partial charge is 0.508 e. The molecular formula is C28H31BrN2O3S. The predicted octanol–water partition coefficient (Wildman–Crippen LogP) is 5.21. The first-order valence-electron chi connectivity index (χ1n) is 12.9. The quantitative estimate of drug-likeness (QED) is 0.515. The van der Waals surface area contributed by atoms with Crippen LogP contribution in [-0.2, 0) is 16.6 Å². The van der Waals surface area contributed by atoms with Gasteiger partial charge in [-0.15, -0.1) is 11.3 Å². The summed E-state index contributed by atoms with van der Waals surface area (Å²) in [5, 5.41) is 12.9. The van der Waals surface area contributed by atoms with Crippen LogP contribution in [0.5, 0.6) is 11.5 Å². The lowest BCUT2D eigenvalue weighted by molar-refractivity contribution is -0.135. The Labute approximate surface area is 218 Å². The van der Waals surface area contributed by atoms with Crippen molar-refractivity contribution in [2.24, 2.45) is 11.8 Å². The van der Waals surface area contributed by atoms with Crippen molar-refractivity contribution < 1.29 is 14.6 Å². The van der Waals surface area contributed by atoms with Crippen LogP contribution in [0.2, 0.25) is 0 Å². The van der Waals surface area contributed by atoms with Crippen LogP contribution >= 0.6 is 27.3 Å². The van der Waals surface area contributed by atoms with Crippen LogP contribution in [0.3, 0.4) is 0 Å². The number of hydrogen-bond donors (Lipinski definition) is 1. The van der Waals surface area contributed by atoms with Gasteiger partial charge in [-0.2, -0.15) is 0 Å². The van der Waals surface area contributed by atoms with Crippen molar-refractivity contribution in [3.63, 3.8) is 0 Å². The Kier molecular flexibility index (Phi) is 5.17. The van der Waals surface area contributed by atoms with Gasteiger partial charge in [0, 0.05) is 57.0 Å². The third-order valence-electron chi connectivity index (χ3n) is 9.43. The number of amides is 1. The van der Waals surface area contributed by atoms with Crippen molar-refractivity contribution in [2.75, 3.05) is 20.1 Å². The van der Waals surface area contributed by atoms with Crippen molar-refractivity contribution in [1.82, 2.24) is 9.80 Å². The van der Waals surface area contributed by atoms with Gasteiger partial charge < -0.3 is 14.7 Å². The summed E-state index contributed by atoms with van der Waals surface area (Å²) in [6.07, 6.45) is 10.3. The van der Waals surface area contributed by atoms with Gasteiger partial charge in [-0.05, 0) is 97.1 Å². The predicted molar refractivity (Wildman–Crippen MR) is 141 cm³/mol. The van der Waals surface area contributed by atoms with Gasteiger partial charge >= 0.3 is 0 Å². The molecule has 1 N–H and O–H groups in total. The van der Waals surface area contributed by atoms with E-state index in [-0.39, 0.29) is 23.5 Å². The van der Waals surface area contributed by atoms with Gasteiger partial charge in [0.05, 0.1) is 6.04 Å². The van der Waals surface area contributed by atoms with E-state index in [1.54, 1.807) is 17.4 Å². The molecule has 1 spiro atoms. The van der Waals surface area contributed by atoms with Crippen molar-refractivity contribution in [2.45, 2.75) is 62.1 Å². The topological polar surface area (TPSA) is 53.0 Å². The van der Waals surface area contributed by atoms with Crippen molar-refractivity contribution >= 4 is 39.2 Å². The van der Waals surface area contributed by atoms with Gasteiger partial charge in [0.1, 0.15) is 17.6 Å². The van der Waals surface area contributed by atoms with Gasteiger partial charge in [0.15, 0.2) is 0 Å². The van der Waals surface area contributed by atoms with Crippen LogP contribution < -0.4 is 4.74 Å². The van der Waals surface area contributed by atoms with Crippen LogP contribution in [0.25, 0.3) is 6.08 Å². The minimum atomic E-state index is -0.105. The lowest BCUT2D eigenvalue weighted by Gasteiger charge is -2.60. The Morgan fingerprint density at radius 3 is 2.97 bits per heavy atom. The van der Waals surface area contributed by atoms with Crippen molar-refractivity contribution in [3.8, 4) is 11.5 Å². The van der Waals surface area contributed by atoms with Crippen LogP contribution in [0.4, 0.5) is 0 Å². The average Bonchev–Trinajstić information content (AvgIpc) is 3.48. The second-order valence-corrected chi connectivity index (χ2v) is 13.0. The molecule has 7 heteroatoms. The second-order valence-electron chi connectivity index (χ2n) is 11.2. The number of thiophene rings is 1. The molecule has 35 heavy (non-hydrogen) atoms. The van der Waals surface area contributed by atoms with E-state index in [0.29, 0.717) is 17.7 Å². The smallest absolute Gasteiger partial charge is 0.246 e. The molecule has 2 aromatic rings. The van der Waals surface area contributed by atoms with E-state index in [0.717, 1.165) is 58.8 Å². The van der Waals surface area contributed by atoms with Crippen LogP contribution in [0.15, 0.2) is 34.1 Å². The minimum absolute atomic E-state index is 0.0228. The highest BCUT2D eigenvalue weighted by molar-refractivity contribution is 9.10. The SMILES string of the molecule is CN(C(=O)/C=C/c1cc(Br)cs1)[C@H]1CC[C@H]2[C@H]3Cc4c(O)ccc5c4[C@@]2(CCN3CC2CC2)[C@H]1O5. The maximum atomic E-state index is 13.3. The number of piperidine rings is 1. The fourth-order valence-corrected chi connectivity index (χ4v) is 9.05. The number of phenolic OH excluding ortho intramolecular Hbond substituents is 1. The molecule has 5 aliphatic rings. The zero-order chi connectivity index (χ0) is 23.9.